The van der Waals surface area contributed by atoms with Crippen LogP contribution in [0.15, 0.2) is 22.7 Å². The fourth-order valence-corrected chi connectivity index (χ4v) is 2.17. The maximum atomic E-state index is 5.78. The molecule has 3 heteroatoms. The van der Waals surface area contributed by atoms with E-state index in [4.69, 9.17) is 10.5 Å². The average molecular weight is 256 g/mol. The van der Waals surface area contributed by atoms with Gasteiger partial charge in [0, 0.05) is 6.04 Å². The Labute approximate surface area is 92.6 Å². The van der Waals surface area contributed by atoms with E-state index >= 15 is 0 Å². The first-order valence-electron chi connectivity index (χ1n) is 4.83. The Morgan fingerprint density at radius 3 is 2.71 bits per heavy atom. The van der Waals surface area contributed by atoms with Crippen molar-refractivity contribution >= 4 is 15.9 Å². The highest BCUT2D eigenvalue weighted by Crippen LogP contribution is 2.30. The summed E-state index contributed by atoms with van der Waals surface area (Å²) in [7, 11) is 0. The summed E-state index contributed by atoms with van der Waals surface area (Å²) in [6.07, 6.45) is 2.25. The molecule has 0 radical (unpaired) electrons. The molecule has 0 saturated heterocycles. The van der Waals surface area contributed by atoms with Gasteiger partial charge in [-0.1, -0.05) is 6.07 Å². The lowest BCUT2D eigenvalue weighted by Crippen LogP contribution is -2.43. The highest BCUT2D eigenvalue weighted by molar-refractivity contribution is 9.10. The highest BCUT2D eigenvalue weighted by atomic mass is 79.9. The maximum Gasteiger partial charge on any atom is 0.133 e. The van der Waals surface area contributed by atoms with Crippen molar-refractivity contribution in [3.05, 3.63) is 28.2 Å². The number of ether oxygens (including phenoxy) is 1. The Bertz CT molecular complexity index is 334. The monoisotopic (exact) mass is 255 g/mol. The Kier molecular flexibility index (Phi) is 2.79. The Hall–Kier alpha value is -0.540. The third kappa shape index (κ3) is 2.10. The summed E-state index contributed by atoms with van der Waals surface area (Å²) in [6.45, 7) is 2.06. The number of nitrogens with two attached hydrogens (primary N) is 1. The van der Waals surface area contributed by atoms with Gasteiger partial charge in [0.15, 0.2) is 0 Å². The number of benzene rings is 1. The van der Waals surface area contributed by atoms with Gasteiger partial charge in [-0.15, -0.1) is 0 Å². The van der Waals surface area contributed by atoms with Crippen LogP contribution in [0.4, 0.5) is 0 Å². The van der Waals surface area contributed by atoms with Crippen molar-refractivity contribution < 1.29 is 4.74 Å². The lowest BCUT2D eigenvalue weighted by molar-refractivity contribution is 0.100. The minimum absolute atomic E-state index is 0.309. The van der Waals surface area contributed by atoms with Crippen molar-refractivity contribution in [2.75, 3.05) is 0 Å². The topological polar surface area (TPSA) is 35.2 Å². The molecule has 1 aromatic rings. The second-order valence-corrected chi connectivity index (χ2v) is 4.76. The fourth-order valence-electron chi connectivity index (χ4n) is 1.58. The molecular formula is C11H14BrNO. The SMILES string of the molecule is Cc1ccc(OC2CC(N)C2)c(Br)c1. The number of hydrogen-bond acceptors (Lipinski definition) is 2. The molecule has 76 valence electrons. The Balaban J connectivity index is 2.02. The van der Waals surface area contributed by atoms with Crippen molar-refractivity contribution in [3.8, 4) is 5.75 Å². The van der Waals surface area contributed by atoms with Crippen molar-refractivity contribution in [1.29, 1.82) is 0 Å². The summed E-state index contributed by atoms with van der Waals surface area (Å²) in [4.78, 5) is 0. The zero-order chi connectivity index (χ0) is 10.1. The Morgan fingerprint density at radius 1 is 1.43 bits per heavy atom. The molecule has 0 aliphatic heterocycles. The van der Waals surface area contributed by atoms with E-state index in [-0.39, 0.29) is 0 Å². The molecule has 0 unspecified atom stereocenters. The van der Waals surface area contributed by atoms with Gasteiger partial charge in [-0.25, -0.2) is 0 Å². The van der Waals surface area contributed by atoms with Gasteiger partial charge in [0.2, 0.25) is 0 Å². The summed E-state index contributed by atoms with van der Waals surface area (Å²) < 4.78 is 6.81. The minimum Gasteiger partial charge on any atom is -0.489 e. The first kappa shape index (κ1) is 9.99. The van der Waals surface area contributed by atoms with Crippen LogP contribution in [0.5, 0.6) is 5.75 Å². The molecule has 0 heterocycles. The van der Waals surface area contributed by atoms with E-state index in [1.165, 1.54) is 5.56 Å². The molecular weight excluding hydrogens is 242 g/mol. The predicted octanol–water partition coefficient (Wildman–Crippen LogP) is 2.63. The van der Waals surface area contributed by atoms with Gasteiger partial charge in [-0.3, -0.25) is 0 Å². The number of aryl methyl sites for hydroxylation is 1. The smallest absolute Gasteiger partial charge is 0.133 e. The number of halogens is 1. The molecule has 0 atom stereocenters. The van der Waals surface area contributed by atoms with Gasteiger partial charge in [-0.05, 0) is 53.4 Å². The van der Waals surface area contributed by atoms with Crippen molar-refractivity contribution in [2.24, 2.45) is 5.73 Å². The van der Waals surface area contributed by atoms with Gasteiger partial charge in [0.25, 0.3) is 0 Å². The molecule has 0 bridgehead atoms. The normalized spacial score (nSPS) is 25.6. The summed E-state index contributed by atoms with van der Waals surface area (Å²) >= 11 is 3.49. The van der Waals surface area contributed by atoms with Crippen LogP contribution in [0.1, 0.15) is 18.4 Å². The van der Waals surface area contributed by atoms with Gasteiger partial charge >= 0.3 is 0 Å². The lowest BCUT2D eigenvalue weighted by Gasteiger charge is -2.32. The van der Waals surface area contributed by atoms with Crippen LogP contribution in [0.2, 0.25) is 0 Å². The molecule has 2 N–H and O–H groups in total. The van der Waals surface area contributed by atoms with Crippen LogP contribution in [0, 0.1) is 6.92 Å². The van der Waals surface area contributed by atoms with Crippen molar-refractivity contribution in [3.63, 3.8) is 0 Å². The molecule has 2 rings (SSSR count). The molecule has 0 amide bonds. The van der Waals surface area contributed by atoms with Crippen LogP contribution in [-0.2, 0) is 0 Å². The molecule has 1 aliphatic carbocycles. The summed E-state index contributed by atoms with van der Waals surface area (Å²) in [6, 6.07) is 6.46. The van der Waals surface area contributed by atoms with E-state index < -0.39 is 0 Å². The Morgan fingerprint density at radius 2 is 2.14 bits per heavy atom. The van der Waals surface area contributed by atoms with Crippen LogP contribution in [0.25, 0.3) is 0 Å². The van der Waals surface area contributed by atoms with Gasteiger partial charge < -0.3 is 10.5 Å². The first-order chi connectivity index (χ1) is 6.65. The van der Waals surface area contributed by atoms with Crippen molar-refractivity contribution in [2.45, 2.75) is 31.9 Å². The van der Waals surface area contributed by atoms with Crippen LogP contribution >= 0.6 is 15.9 Å². The molecule has 1 aliphatic rings. The molecule has 1 fully saturated rings. The fraction of sp³-hybridized carbons (Fsp3) is 0.455. The van der Waals surface area contributed by atoms with Crippen LogP contribution in [-0.4, -0.2) is 12.1 Å². The predicted molar refractivity (Wildman–Crippen MR) is 60.5 cm³/mol. The third-order valence-corrected chi connectivity index (χ3v) is 3.13. The zero-order valence-electron chi connectivity index (χ0n) is 8.16. The van der Waals surface area contributed by atoms with E-state index in [0.29, 0.717) is 12.1 Å². The largest absolute Gasteiger partial charge is 0.489 e. The molecule has 14 heavy (non-hydrogen) atoms. The van der Waals surface area contributed by atoms with Crippen molar-refractivity contribution in [1.82, 2.24) is 0 Å². The van der Waals surface area contributed by atoms with Gasteiger partial charge in [0.05, 0.1) is 4.47 Å². The van der Waals surface area contributed by atoms with E-state index in [1.54, 1.807) is 0 Å². The van der Waals surface area contributed by atoms with E-state index in [0.717, 1.165) is 23.1 Å². The summed E-state index contributed by atoms with van der Waals surface area (Å²) in [5.41, 5.74) is 6.92. The third-order valence-electron chi connectivity index (χ3n) is 2.51. The highest BCUT2D eigenvalue weighted by Gasteiger charge is 2.27. The lowest BCUT2D eigenvalue weighted by atomic mass is 9.90. The second kappa shape index (κ2) is 3.91. The number of rotatable bonds is 2. The molecule has 0 aromatic heterocycles. The average Bonchev–Trinajstić information content (AvgIpc) is 2.06. The van der Waals surface area contributed by atoms with Gasteiger partial charge in [0.1, 0.15) is 11.9 Å². The molecule has 0 spiro atoms. The summed E-state index contributed by atoms with van der Waals surface area (Å²) in [5.74, 6) is 0.924. The molecule has 1 saturated carbocycles. The molecule has 2 nitrogen and oxygen atoms in total. The molecule has 1 aromatic carbocycles. The van der Waals surface area contributed by atoms with E-state index in [1.807, 2.05) is 6.07 Å². The zero-order valence-corrected chi connectivity index (χ0v) is 9.75. The first-order valence-corrected chi connectivity index (χ1v) is 5.63. The van der Waals surface area contributed by atoms with Gasteiger partial charge in [-0.2, -0.15) is 0 Å². The summed E-state index contributed by atoms with van der Waals surface area (Å²) in [5, 5.41) is 0. The number of hydrogen-bond donors (Lipinski definition) is 1. The van der Waals surface area contributed by atoms with E-state index in [2.05, 4.69) is 35.0 Å². The quantitative estimate of drug-likeness (QED) is 0.882. The van der Waals surface area contributed by atoms with Crippen LogP contribution in [0.3, 0.4) is 0 Å². The van der Waals surface area contributed by atoms with E-state index in [9.17, 15) is 0 Å². The minimum atomic E-state index is 0.309. The van der Waals surface area contributed by atoms with Crippen LogP contribution < -0.4 is 10.5 Å². The maximum absolute atomic E-state index is 5.78. The second-order valence-electron chi connectivity index (χ2n) is 3.91. The standard InChI is InChI=1S/C11H14BrNO/c1-7-2-3-11(10(12)4-7)14-9-5-8(13)6-9/h2-4,8-9H,5-6,13H2,1H3.